The van der Waals surface area contributed by atoms with Crippen molar-refractivity contribution in [2.24, 2.45) is 5.92 Å². The Balaban J connectivity index is 1.59. The molecule has 174 valence electrons. The van der Waals surface area contributed by atoms with Crippen LogP contribution in [0.5, 0.6) is 11.5 Å². The van der Waals surface area contributed by atoms with E-state index in [-0.39, 0.29) is 23.0 Å². The highest BCUT2D eigenvalue weighted by atomic mass is 32.2. The van der Waals surface area contributed by atoms with E-state index >= 15 is 0 Å². The van der Waals surface area contributed by atoms with Crippen LogP contribution in [-0.2, 0) is 10.0 Å². The van der Waals surface area contributed by atoms with Gasteiger partial charge in [-0.15, -0.1) is 5.92 Å². The lowest BCUT2D eigenvalue weighted by molar-refractivity contribution is 0.00757. The molecule has 2 unspecified atom stereocenters. The minimum atomic E-state index is -3.22. The number of aromatic hydroxyl groups is 1. The minimum absolute atomic E-state index is 0.150. The van der Waals surface area contributed by atoms with E-state index in [0.717, 1.165) is 36.1 Å². The van der Waals surface area contributed by atoms with Gasteiger partial charge in [0.05, 0.1) is 12.2 Å². The zero-order chi connectivity index (χ0) is 23.4. The number of rotatable bonds is 8. The maximum atomic E-state index is 11.7. The van der Waals surface area contributed by atoms with E-state index in [4.69, 9.17) is 4.74 Å². The summed E-state index contributed by atoms with van der Waals surface area (Å²) in [6.07, 6.45) is 8.55. The molecule has 0 saturated heterocycles. The number of allylic oxidation sites excluding steroid dienone is 2. The maximum absolute atomic E-state index is 11.7. The molecular formula is C26H35NO4S. The van der Waals surface area contributed by atoms with Crippen LogP contribution in [0.2, 0.25) is 0 Å². The van der Waals surface area contributed by atoms with Gasteiger partial charge in [0.2, 0.25) is 10.0 Å². The molecule has 2 N–H and O–H groups in total. The number of phenolic OH excluding ortho intramolecular Hbond substituents is 1. The van der Waals surface area contributed by atoms with Crippen LogP contribution in [-0.4, -0.2) is 24.9 Å². The number of nitrogens with one attached hydrogen (secondary N) is 1. The van der Waals surface area contributed by atoms with Gasteiger partial charge >= 0.3 is 0 Å². The Kier molecular flexibility index (Phi) is 7.95. The number of hydrogen-bond donors (Lipinski definition) is 2. The van der Waals surface area contributed by atoms with Gasteiger partial charge in [0, 0.05) is 30.4 Å². The number of sulfonamides is 1. The Morgan fingerprint density at radius 2 is 2.12 bits per heavy atom. The Labute approximate surface area is 193 Å². The normalized spacial score (nSPS) is 21.4. The smallest absolute Gasteiger partial charge is 0.211 e. The van der Waals surface area contributed by atoms with Crippen molar-refractivity contribution in [3.05, 3.63) is 47.9 Å². The number of fused-ring (bicyclic) bond motifs is 3. The largest absolute Gasteiger partial charge is 0.508 e. The Bertz CT molecular complexity index is 1010. The van der Waals surface area contributed by atoms with Crippen molar-refractivity contribution in [1.29, 1.82) is 0 Å². The quantitative estimate of drug-likeness (QED) is 0.319. The van der Waals surface area contributed by atoms with E-state index in [1.807, 2.05) is 13.0 Å². The first-order valence-electron chi connectivity index (χ1n) is 11.5. The summed E-state index contributed by atoms with van der Waals surface area (Å²) in [6, 6.07) is 3.72. The lowest BCUT2D eigenvalue weighted by Crippen LogP contribution is -2.45. The number of hydrogen-bond acceptors (Lipinski definition) is 4. The molecule has 2 radical (unpaired) electrons. The number of unbranched alkanes of at least 4 members (excludes halogenated alkanes) is 2. The van der Waals surface area contributed by atoms with Crippen LogP contribution in [0.4, 0.5) is 0 Å². The first kappa shape index (κ1) is 24.7. The van der Waals surface area contributed by atoms with Gasteiger partial charge in [-0.2, -0.15) is 0 Å². The molecule has 1 aromatic rings. The fraction of sp³-hybridized carbons (Fsp3) is 0.538. The van der Waals surface area contributed by atoms with Gasteiger partial charge in [-0.05, 0) is 64.2 Å². The first-order valence-corrected chi connectivity index (χ1v) is 13.1. The van der Waals surface area contributed by atoms with Crippen molar-refractivity contribution in [2.75, 3.05) is 5.75 Å². The maximum Gasteiger partial charge on any atom is 0.211 e. The predicted molar refractivity (Wildman–Crippen MR) is 129 cm³/mol. The molecule has 1 aliphatic carbocycles. The number of ether oxygens (including phenoxy) is 1. The van der Waals surface area contributed by atoms with Crippen molar-refractivity contribution < 1.29 is 18.3 Å². The lowest BCUT2D eigenvalue weighted by Gasteiger charge is -2.47. The van der Waals surface area contributed by atoms with Crippen LogP contribution in [0.25, 0.3) is 0 Å². The number of phenols is 1. The van der Waals surface area contributed by atoms with Gasteiger partial charge in [-0.3, -0.25) is 0 Å². The zero-order valence-corrected chi connectivity index (χ0v) is 20.4. The average molecular weight is 458 g/mol. The van der Waals surface area contributed by atoms with Crippen molar-refractivity contribution in [1.82, 2.24) is 4.72 Å². The third-order valence-corrected chi connectivity index (χ3v) is 7.66. The standard InChI is InChI=1S/C26H35NO4S/c1-5-6-15-32(29,30)27-14-10-8-7-9-11-20-17-23(28)25-21-16-19(2)12-13-22(21)26(3,4)31-24(25)18-20/h11-12,14,17-18,21-22,27-28H,5-6,8,10,13,15-16H2,1-4H3. The Morgan fingerprint density at radius 3 is 2.88 bits per heavy atom. The van der Waals surface area contributed by atoms with Crippen LogP contribution in [0.1, 0.15) is 83.3 Å². The van der Waals surface area contributed by atoms with Crippen LogP contribution >= 0.6 is 0 Å². The highest BCUT2D eigenvalue weighted by Crippen LogP contribution is 2.54. The van der Waals surface area contributed by atoms with E-state index in [9.17, 15) is 13.5 Å². The topological polar surface area (TPSA) is 75.6 Å². The molecule has 0 saturated carbocycles. The molecule has 1 heterocycles. The second kappa shape index (κ2) is 10.3. The molecule has 0 amide bonds. The first-order chi connectivity index (χ1) is 15.1. The highest BCUT2D eigenvalue weighted by Gasteiger charge is 2.45. The van der Waals surface area contributed by atoms with Crippen LogP contribution in [0, 0.1) is 30.7 Å². The molecule has 1 aliphatic heterocycles. The van der Waals surface area contributed by atoms with E-state index in [0.29, 0.717) is 25.2 Å². The van der Waals surface area contributed by atoms with Crippen LogP contribution in [0.3, 0.4) is 0 Å². The molecule has 6 heteroatoms. The molecule has 0 spiro atoms. The van der Waals surface area contributed by atoms with Gasteiger partial charge < -0.3 is 9.84 Å². The fourth-order valence-corrected chi connectivity index (χ4v) is 5.76. The third kappa shape index (κ3) is 6.08. The summed E-state index contributed by atoms with van der Waals surface area (Å²) < 4.78 is 32.3. The van der Waals surface area contributed by atoms with Gasteiger partial charge in [-0.25, -0.2) is 13.1 Å². The molecule has 0 bridgehead atoms. The zero-order valence-electron chi connectivity index (χ0n) is 19.6. The Hall–Kier alpha value is -1.97. The van der Waals surface area contributed by atoms with Gasteiger partial charge in [0.1, 0.15) is 17.1 Å². The third-order valence-electron chi connectivity index (χ3n) is 6.31. The van der Waals surface area contributed by atoms with Gasteiger partial charge in [0.25, 0.3) is 0 Å². The molecule has 2 atom stereocenters. The van der Waals surface area contributed by atoms with E-state index in [1.54, 1.807) is 19.0 Å². The van der Waals surface area contributed by atoms with Crippen molar-refractivity contribution in [2.45, 2.75) is 77.7 Å². The summed E-state index contributed by atoms with van der Waals surface area (Å²) in [5.74, 6) is 7.80. The summed E-state index contributed by atoms with van der Waals surface area (Å²) in [7, 11) is -3.22. The van der Waals surface area contributed by atoms with Gasteiger partial charge in [0.15, 0.2) is 0 Å². The van der Waals surface area contributed by atoms with Crippen molar-refractivity contribution in [3.8, 4) is 23.3 Å². The van der Waals surface area contributed by atoms with Crippen LogP contribution < -0.4 is 9.46 Å². The second-order valence-electron chi connectivity index (χ2n) is 9.36. The minimum Gasteiger partial charge on any atom is -0.508 e. The van der Waals surface area contributed by atoms with Crippen molar-refractivity contribution in [3.63, 3.8) is 0 Å². The lowest BCUT2D eigenvalue weighted by atomic mass is 9.67. The highest BCUT2D eigenvalue weighted by molar-refractivity contribution is 7.89. The fourth-order valence-electron chi connectivity index (χ4n) is 4.60. The summed E-state index contributed by atoms with van der Waals surface area (Å²) in [6.45, 7) is 9.92. The predicted octanol–water partition coefficient (Wildman–Crippen LogP) is 5.22. The monoisotopic (exact) mass is 457 g/mol. The molecule has 3 rings (SSSR count). The summed E-state index contributed by atoms with van der Waals surface area (Å²) in [4.78, 5) is 0. The molecule has 0 fully saturated rings. The summed E-state index contributed by atoms with van der Waals surface area (Å²) >= 11 is 0. The summed E-state index contributed by atoms with van der Waals surface area (Å²) in [5.41, 5.74) is 2.78. The number of benzene rings is 1. The second-order valence-corrected chi connectivity index (χ2v) is 11.2. The van der Waals surface area contributed by atoms with Gasteiger partial charge in [-0.1, -0.05) is 30.9 Å². The molecule has 5 nitrogen and oxygen atoms in total. The molecular weight excluding hydrogens is 422 g/mol. The molecule has 32 heavy (non-hydrogen) atoms. The SMILES string of the molecule is CCCCS(=O)(=O)N[CH]CCC#C[CH]c1cc(O)c2c(c1)OC(C)(C)C1CC=C(C)CC21. The Morgan fingerprint density at radius 1 is 1.34 bits per heavy atom. The van der Waals surface area contributed by atoms with E-state index in [2.05, 4.69) is 43.4 Å². The average Bonchev–Trinajstić information content (AvgIpc) is 2.70. The van der Waals surface area contributed by atoms with Crippen molar-refractivity contribution >= 4 is 10.0 Å². The summed E-state index contributed by atoms with van der Waals surface area (Å²) in [5, 5.41) is 10.8. The van der Waals surface area contributed by atoms with E-state index in [1.165, 1.54) is 5.57 Å². The van der Waals surface area contributed by atoms with Crippen LogP contribution in [0.15, 0.2) is 23.8 Å². The molecule has 1 aromatic carbocycles. The molecule has 2 aliphatic rings. The molecule has 0 aromatic heterocycles. The van der Waals surface area contributed by atoms with E-state index < -0.39 is 10.0 Å².